The standard InChI is InChI=1S/C30H24N2/c1-19-10-8-14-24-28(19)23-13-5-6-15-25(23)31-30(24)29-20(2)11-9-17-27(29)32-21(3)18-22-12-4-7-16-26(22)32/h4-18H,1-3H3. The van der Waals surface area contributed by atoms with E-state index in [1.807, 2.05) is 0 Å². The Bertz CT molecular complexity index is 1650. The van der Waals surface area contributed by atoms with E-state index in [4.69, 9.17) is 4.98 Å². The Morgan fingerprint density at radius 1 is 0.656 bits per heavy atom. The molecule has 2 aromatic heterocycles. The minimum atomic E-state index is 1.03. The Morgan fingerprint density at radius 3 is 2.28 bits per heavy atom. The van der Waals surface area contributed by atoms with E-state index in [0.717, 1.165) is 11.2 Å². The van der Waals surface area contributed by atoms with Crippen molar-refractivity contribution in [1.29, 1.82) is 0 Å². The minimum absolute atomic E-state index is 1.03. The van der Waals surface area contributed by atoms with E-state index in [0.29, 0.717) is 0 Å². The maximum Gasteiger partial charge on any atom is 0.0811 e. The van der Waals surface area contributed by atoms with E-state index < -0.39 is 0 Å². The van der Waals surface area contributed by atoms with Crippen LogP contribution in [0.4, 0.5) is 0 Å². The summed E-state index contributed by atoms with van der Waals surface area (Å²) in [6.07, 6.45) is 0. The van der Waals surface area contributed by atoms with E-state index in [-0.39, 0.29) is 0 Å². The van der Waals surface area contributed by atoms with Crippen LogP contribution in [0.5, 0.6) is 0 Å². The normalized spacial score (nSPS) is 11.6. The summed E-state index contributed by atoms with van der Waals surface area (Å²) < 4.78 is 2.37. The average molecular weight is 413 g/mol. The summed E-state index contributed by atoms with van der Waals surface area (Å²) >= 11 is 0. The lowest BCUT2D eigenvalue weighted by Crippen LogP contribution is -2.02. The molecule has 0 radical (unpaired) electrons. The van der Waals surface area contributed by atoms with Crippen LogP contribution in [-0.2, 0) is 0 Å². The number of aromatic nitrogens is 2. The van der Waals surface area contributed by atoms with Gasteiger partial charge >= 0.3 is 0 Å². The van der Waals surface area contributed by atoms with Gasteiger partial charge in [-0.2, -0.15) is 0 Å². The fourth-order valence-corrected chi connectivity index (χ4v) is 5.14. The maximum atomic E-state index is 5.24. The highest BCUT2D eigenvalue weighted by Crippen LogP contribution is 2.39. The van der Waals surface area contributed by atoms with Gasteiger partial charge < -0.3 is 4.57 Å². The van der Waals surface area contributed by atoms with E-state index >= 15 is 0 Å². The molecule has 0 unspecified atom stereocenters. The molecule has 0 aliphatic carbocycles. The summed E-state index contributed by atoms with van der Waals surface area (Å²) in [6.45, 7) is 6.57. The van der Waals surface area contributed by atoms with Crippen LogP contribution >= 0.6 is 0 Å². The molecule has 0 aliphatic heterocycles. The quantitative estimate of drug-likeness (QED) is 0.264. The number of aryl methyl sites for hydroxylation is 3. The van der Waals surface area contributed by atoms with Crippen molar-refractivity contribution in [3.05, 3.63) is 108 Å². The second-order valence-electron chi connectivity index (χ2n) is 8.62. The number of benzene rings is 4. The molecular formula is C30H24N2. The predicted molar refractivity (Wildman–Crippen MR) is 136 cm³/mol. The third-order valence-corrected chi connectivity index (χ3v) is 6.56. The largest absolute Gasteiger partial charge is 0.313 e. The van der Waals surface area contributed by atoms with Crippen molar-refractivity contribution in [2.45, 2.75) is 20.8 Å². The average Bonchev–Trinajstić information content (AvgIpc) is 3.14. The zero-order valence-electron chi connectivity index (χ0n) is 18.6. The maximum absolute atomic E-state index is 5.24. The fourth-order valence-electron chi connectivity index (χ4n) is 5.14. The molecule has 0 spiro atoms. The second kappa shape index (κ2) is 7.06. The summed E-state index contributed by atoms with van der Waals surface area (Å²) in [6, 6.07) is 32.5. The van der Waals surface area contributed by atoms with Gasteiger partial charge in [0.25, 0.3) is 0 Å². The van der Waals surface area contributed by atoms with Crippen molar-refractivity contribution in [1.82, 2.24) is 9.55 Å². The Hall–Kier alpha value is -3.91. The van der Waals surface area contributed by atoms with Crippen molar-refractivity contribution >= 4 is 32.6 Å². The molecule has 0 bridgehead atoms. The lowest BCUT2D eigenvalue weighted by molar-refractivity contribution is 1.05. The van der Waals surface area contributed by atoms with Gasteiger partial charge in [-0.3, -0.25) is 0 Å². The highest BCUT2D eigenvalue weighted by atomic mass is 15.0. The van der Waals surface area contributed by atoms with Crippen molar-refractivity contribution < 1.29 is 0 Å². The van der Waals surface area contributed by atoms with Gasteiger partial charge in [-0.15, -0.1) is 0 Å². The summed E-state index contributed by atoms with van der Waals surface area (Å²) in [7, 11) is 0. The Balaban J connectivity index is 1.78. The van der Waals surface area contributed by atoms with E-state index in [9.17, 15) is 0 Å². The highest BCUT2D eigenvalue weighted by molar-refractivity contribution is 6.13. The van der Waals surface area contributed by atoms with E-state index in [1.54, 1.807) is 0 Å². The Morgan fingerprint density at radius 2 is 1.38 bits per heavy atom. The van der Waals surface area contributed by atoms with Gasteiger partial charge in [-0.25, -0.2) is 4.98 Å². The first kappa shape index (κ1) is 18.8. The molecular weight excluding hydrogens is 388 g/mol. The molecule has 2 heteroatoms. The smallest absolute Gasteiger partial charge is 0.0811 e. The first-order valence-corrected chi connectivity index (χ1v) is 11.1. The number of fused-ring (bicyclic) bond motifs is 4. The molecule has 0 amide bonds. The topological polar surface area (TPSA) is 17.8 Å². The van der Waals surface area contributed by atoms with Crippen molar-refractivity contribution in [3.8, 4) is 16.9 Å². The van der Waals surface area contributed by atoms with E-state index in [2.05, 4.69) is 116 Å². The molecule has 2 heterocycles. The van der Waals surface area contributed by atoms with Crippen molar-refractivity contribution in [2.24, 2.45) is 0 Å². The molecule has 6 rings (SSSR count). The second-order valence-corrected chi connectivity index (χ2v) is 8.62. The zero-order valence-corrected chi connectivity index (χ0v) is 18.6. The van der Waals surface area contributed by atoms with Gasteiger partial charge in [0.1, 0.15) is 0 Å². The number of pyridine rings is 1. The molecule has 4 aromatic carbocycles. The Kier molecular flexibility index (Phi) is 4.16. The van der Waals surface area contributed by atoms with E-state index in [1.165, 1.54) is 55.1 Å². The molecule has 32 heavy (non-hydrogen) atoms. The third kappa shape index (κ3) is 2.69. The monoisotopic (exact) mass is 412 g/mol. The minimum Gasteiger partial charge on any atom is -0.313 e. The number of nitrogens with zero attached hydrogens (tertiary/aromatic N) is 2. The first-order valence-electron chi connectivity index (χ1n) is 11.1. The van der Waals surface area contributed by atoms with Gasteiger partial charge in [0.05, 0.1) is 22.4 Å². The Labute approximate surface area is 187 Å². The summed E-state index contributed by atoms with van der Waals surface area (Å²) in [5, 5.41) is 4.96. The molecule has 2 nitrogen and oxygen atoms in total. The van der Waals surface area contributed by atoms with Crippen LogP contribution in [0.1, 0.15) is 16.8 Å². The van der Waals surface area contributed by atoms with Gasteiger partial charge in [-0.1, -0.05) is 66.7 Å². The fraction of sp³-hybridized carbons (Fsp3) is 0.100. The molecule has 0 atom stereocenters. The summed E-state index contributed by atoms with van der Waals surface area (Å²) in [5.41, 5.74) is 9.40. The van der Waals surface area contributed by atoms with Crippen molar-refractivity contribution in [3.63, 3.8) is 0 Å². The van der Waals surface area contributed by atoms with Crippen LogP contribution in [0.2, 0.25) is 0 Å². The molecule has 0 saturated heterocycles. The van der Waals surface area contributed by atoms with Gasteiger partial charge in [-0.05, 0) is 61.5 Å². The molecule has 0 N–H and O–H groups in total. The molecule has 0 fully saturated rings. The van der Waals surface area contributed by atoms with Gasteiger partial charge in [0, 0.05) is 27.4 Å². The van der Waals surface area contributed by atoms with Gasteiger partial charge in [0.2, 0.25) is 0 Å². The van der Waals surface area contributed by atoms with Crippen LogP contribution in [-0.4, -0.2) is 9.55 Å². The lowest BCUT2D eigenvalue weighted by atomic mass is 9.94. The number of para-hydroxylation sites is 2. The van der Waals surface area contributed by atoms with Gasteiger partial charge in [0.15, 0.2) is 0 Å². The van der Waals surface area contributed by atoms with Crippen LogP contribution < -0.4 is 0 Å². The van der Waals surface area contributed by atoms with Crippen LogP contribution in [0.25, 0.3) is 49.5 Å². The van der Waals surface area contributed by atoms with Crippen LogP contribution in [0.3, 0.4) is 0 Å². The summed E-state index contributed by atoms with van der Waals surface area (Å²) in [5.74, 6) is 0. The van der Waals surface area contributed by atoms with Crippen LogP contribution in [0.15, 0.2) is 91.0 Å². The lowest BCUT2D eigenvalue weighted by Gasteiger charge is -2.19. The highest BCUT2D eigenvalue weighted by Gasteiger charge is 2.19. The predicted octanol–water partition coefficient (Wildman–Crippen LogP) is 7.92. The SMILES string of the molecule is Cc1cccc(-n2c(C)cc3ccccc32)c1-c1nc2ccccc2c2c(C)cccc12. The summed E-state index contributed by atoms with van der Waals surface area (Å²) in [4.78, 5) is 5.24. The third-order valence-electron chi connectivity index (χ3n) is 6.56. The molecule has 154 valence electrons. The molecule has 0 saturated carbocycles. The number of hydrogen-bond donors (Lipinski definition) is 0. The number of hydrogen-bond acceptors (Lipinski definition) is 1. The van der Waals surface area contributed by atoms with Crippen LogP contribution in [0, 0.1) is 20.8 Å². The number of rotatable bonds is 2. The molecule has 6 aromatic rings. The molecule has 0 aliphatic rings. The van der Waals surface area contributed by atoms with Crippen molar-refractivity contribution in [2.75, 3.05) is 0 Å². The zero-order chi connectivity index (χ0) is 21.8. The first-order chi connectivity index (χ1) is 15.6.